The SMILES string of the molecule is Cc1ccc(-c2cnc3c(N4CCOCC4)nc(-c4ccc(NC(=O)Nc5ccc(C(=O)N(C)C)cc5)cc4)nc3c2)cn1. The average Bonchev–Trinajstić information content (AvgIpc) is 3.05. The molecular formula is C33H32N8O3. The molecule has 3 amide bonds. The molecule has 11 nitrogen and oxygen atoms in total. The highest BCUT2D eigenvalue weighted by molar-refractivity contribution is 6.00. The van der Waals surface area contributed by atoms with Gasteiger partial charge in [-0.25, -0.2) is 14.8 Å². The maximum absolute atomic E-state index is 12.6. The Balaban J connectivity index is 1.24. The maximum Gasteiger partial charge on any atom is 0.323 e. The van der Waals surface area contributed by atoms with Gasteiger partial charge in [-0.1, -0.05) is 6.07 Å². The third-order valence-electron chi connectivity index (χ3n) is 7.27. The predicted molar refractivity (Wildman–Crippen MR) is 171 cm³/mol. The summed E-state index contributed by atoms with van der Waals surface area (Å²) in [6.07, 6.45) is 3.68. The van der Waals surface area contributed by atoms with Gasteiger partial charge in [-0.15, -0.1) is 0 Å². The lowest BCUT2D eigenvalue weighted by Gasteiger charge is -2.28. The first kappa shape index (κ1) is 28.7. The number of rotatable bonds is 6. The van der Waals surface area contributed by atoms with Crippen LogP contribution in [0.15, 0.2) is 79.1 Å². The first-order valence-electron chi connectivity index (χ1n) is 14.3. The van der Waals surface area contributed by atoms with Gasteiger partial charge in [0.25, 0.3) is 5.91 Å². The molecule has 44 heavy (non-hydrogen) atoms. The summed E-state index contributed by atoms with van der Waals surface area (Å²) >= 11 is 0. The number of morpholine rings is 1. The van der Waals surface area contributed by atoms with E-state index in [0.717, 1.165) is 39.2 Å². The van der Waals surface area contributed by atoms with E-state index < -0.39 is 6.03 Å². The van der Waals surface area contributed by atoms with Gasteiger partial charge in [0, 0.05) is 78.9 Å². The van der Waals surface area contributed by atoms with Crippen LogP contribution < -0.4 is 15.5 Å². The van der Waals surface area contributed by atoms with Crippen molar-refractivity contribution in [1.82, 2.24) is 24.8 Å². The number of hydrogen-bond donors (Lipinski definition) is 2. The van der Waals surface area contributed by atoms with Crippen LogP contribution in [0.5, 0.6) is 0 Å². The van der Waals surface area contributed by atoms with Crippen LogP contribution in [0.3, 0.4) is 0 Å². The summed E-state index contributed by atoms with van der Waals surface area (Å²) < 4.78 is 5.57. The van der Waals surface area contributed by atoms with E-state index in [1.54, 1.807) is 38.4 Å². The number of hydrogen-bond acceptors (Lipinski definition) is 8. The zero-order chi connectivity index (χ0) is 30.6. The van der Waals surface area contributed by atoms with Gasteiger partial charge in [0.05, 0.1) is 18.7 Å². The molecule has 0 saturated carbocycles. The van der Waals surface area contributed by atoms with E-state index in [1.165, 1.54) is 4.90 Å². The van der Waals surface area contributed by atoms with Gasteiger partial charge in [-0.05, 0) is 67.6 Å². The summed E-state index contributed by atoms with van der Waals surface area (Å²) in [5.41, 5.74) is 6.82. The van der Waals surface area contributed by atoms with Crippen molar-refractivity contribution in [2.45, 2.75) is 6.92 Å². The van der Waals surface area contributed by atoms with E-state index in [0.29, 0.717) is 49.1 Å². The van der Waals surface area contributed by atoms with Crippen molar-refractivity contribution in [2.24, 2.45) is 0 Å². The van der Waals surface area contributed by atoms with Crippen molar-refractivity contribution in [3.63, 3.8) is 0 Å². The highest BCUT2D eigenvalue weighted by atomic mass is 16.5. The summed E-state index contributed by atoms with van der Waals surface area (Å²) in [5.74, 6) is 1.22. The number of benzene rings is 2. The van der Waals surface area contributed by atoms with Gasteiger partial charge in [0.1, 0.15) is 5.52 Å². The lowest BCUT2D eigenvalue weighted by Crippen LogP contribution is -2.37. The van der Waals surface area contributed by atoms with E-state index in [4.69, 9.17) is 19.7 Å². The number of aromatic nitrogens is 4. The van der Waals surface area contributed by atoms with Crippen molar-refractivity contribution < 1.29 is 14.3 Å². The maximum atomic E-state index is 12.6. The quantitative estimate of drug-likeness (QED) is 0.276. The smallest absolute Gasteiger partial charge is 0.323 e. The van der Waals surface area contributed by atoms with Crippen LogP contribution in [-0.4, -0.2) is 77.2 Å². The Hall–Kier alpha value is -5.42. The van der Waals surface area contributed by atoms with E-state index in [-0.39, 0.29) is 5.91 Å². The minimum atomic E-state index is -0.398. The number of pyridine rings is 2. The molecule has 0 bridgehead atoms. The van der Waals surface area contributed by atoms with Crippen LogP contribution in [0.1, 0.15) is 16.1 Å². The summed E-state index contributed by atoms with van der Waals surface area (Å²) in [7, 11) is 3.39. The first-order valence-corrected chi connectivity index (χ1v) is 14.3. The minimum Gasteiger partial charge on any atom is -0.378 e. The predicted octanol–water partition coefficient (Wildman–Crippen LogP) is 5.24. The number of nitrogens with one attached hydrogen (secondary N) is 2. The zero-order valence-corrected chi connectivity index (χ0v) is 24.7. The van der Waals surface area contributed by atoms with Crippen molar-refractivity contribution in [3.05, 3.63) is 90.4 Å². The fourth-order valence-electron chi connectivity index (χ4n) is 4.87. The lowest BCUT2D eigenvalue weighted by molar-refractivity contribution is 0.0827. The topological polar surface area (TPSA) is 125 Å². The first-order chi connectivity index (χ1) is 21.3. The van der Waals surface area contributed by atoms with Gasteiger partial charge in [0.15, 0.2) is 11.6 Å². The molecule has 222 valence electrons. The Morgan fingerprint density at radius 1 is 0.795 bits per heavy atom. The second kappa shape index (κ2) is 12.4. The number of anilines is 3. The van der Waals surface area contributed by atoms with Crippen LogP contribution in [0.4, 0.5) is 22.0 Å². The number of ether oxygens (including phenoxy) is 1. The molecule has 1 fully saturated rings. The van der Waals surface area contributed by atoms with Crippen molar-refractivity contribution in [2.75, 3.05) is 55.9 Å². The molecule has 2 N–H and O–H groups in total. The Morgan fingerprint density at radius 2 is 1.43 bits per heavy atom. The van der Waals surface area contributed by atoms with E-state index in [9.17, 15) is 9.59 Å². The van der Waals surface area contributed by atoms with E-state index >= 15 is 0 Å². The van der Waals surface area contributed by atoms with Gasteiger partial charge in [0.2, 0.25) is 0 Å². The van der Waals surface area contributed by atoms with Gasteiger partial charge in [-0.2, -0.15) is 0 Å². The zero-order valence-electron chi connectivity index (χ0n) is 24.7. The van der Waals surface area contributed by atoms with E-state index in [2.05, 4.69) is 20.5 Å². The Kier molecular flexibility index (Phi) is 8.11. The molecule has 6 rings (SSSR count). The molecular weight excluding hydrogens is 556 g/mol. The van der Waals surface area contributed by atoms with Gasteiger partial charge in [-0.3, -0.25) is 14.8 Å². The van der Waals surface area contributed by atoms with Crippen LogP contribution in [0.25, 0.3) is 33.5 Å². The number of amides is 3. The normalized spacial score (nSPS) is 13.0. The summed E-state index contributed by atoms with van der Waals surface area (Å²) in [5, 5.41) is 5.63. The number of nitrogens with zero attached hydrogens (tertiary/aromatic N) is 6. The van der Waals surface area contributed by atoms with Crippen molar-refractivity contribution in [1.29, 1.82) is 0 Å². The summed E-state index contributed by atoms with van der Waals surface area (Å²) in [4.78, 5) is 47.5. The molecule has 2 aromatic carbocycles. The molecule has 0 aliphatic carbocycles. The average molecular weight is 589 g/mol. The number of carbonyl (C=O) groups is 2. The van der Waals surface area contributed by atoms with Gasteiger partial charge >= 0.3 is 6.03 Å². The molecule has 0 unspecified atom stereocenters. The highest BCUT2D eigenvalue weighted by Crippen LogP contribution is 2.30. The van der Waals surface area contributed by atoms with Gasteiger partial charge < -0.3 is 25.2 Å². The van der Waals surface area contributed by atoms with Crippen LogP contribution in [0, 0.1) is 6.92 Å². The Labute approximate surface area is 254 Å². The monoisotopic (exact) mass is 588 g/mol. The molecule has 1 saturated heterocycles. The molecule has 1 aliphatic rings. The molecule has 11 heteroatoms. The van der Waals surface area contributed by atoms with E-state index in [1.807, 2.05) is 61.8 Å². The summed E-state index contributed by atoms with van der Waals surface area (Å²) in [6.45, 7) is 4.62. The molecule has 3 aromatic heterocycles. The fourth-order valence-corrected chi connectivity index (χ4v) is 4.87. The van der Waals surface area contributed by atoms with Crippen molar-refractivity contribution >= 4 is 40.2 Å². The third-order valence-corrected chi connectivity index (χ3v) is 7.27. The molecule has 5 aromatic rings. The molecule has 4 heterocycles. The largest absolute Gasteiger partial charge is 0.378 e. The molecule has 0 radical (unpaired) electrons. The standard InChI is InChI=1S/C33H32N8O3/c1-21-4-5-24(19-34-21)25-18-28-29(35-20-25)31(41-14-16-44-17-15-41)39-30(38-28)22-6-10-26(11-7-22)36-33(43)37-27-12-8-23(9-13-27)32(42)40(2)3/h4-13,18-20H,14-17H2,1-3H3,(H2,36,37,43). The number of fused-ring (bicyclic) bond motifs is 1. The molecule has 0 atom stereocenters. The second-order valence-electron chi connectivity index (χ2n) is 10.7. The third kappa shape index (κ3) is 6.32. The number of aryl methyl sites for hydroxylation is 1. The number of carbonyl (C=O) groups excluding carboxylic acids is 2. The Morgan fingerprint density at radius 3 is 2.07 bits per heavy atom. The minimum absolute atomic E-state index is 0.103. The summed E-state index contributed by atoms with van der Waals surface area (Å²) in [6, 6.07) is 19.7. The van der Waals surface area contributed by atoms with Crippen LogP contribution in [0.2, 0.25) is 0 Å². The second-order valence-corrected chi connectivity index (χ2v) is 10.7. The molecule has 0 spiro atoms. The van der Waals surface area contributed by atoms with Crippen molar-refractivity contribution in [3.8, 4) is 22.5 Å². The van der Waals surface area contributed by atoms with Crippen LogP contribution >= 0.6 is 0 Å². The number of urea groups is 1. The lowest BCUT2D eigenvalue weighted by atomic mass is 10.1. The fraction of sp³-hybridized carbons (Fsp3) is 0.212. The molecule has 1 aliphatic heterocycles. The Bertz CT molecular complexity index is 1800. The van der Waals surface area contributed by atoms with Crippen LogP contribution in [-0.2, 0) is 4.74 Å². The highest BCUT2D eigenvalue weighted by Gasteiger charge is 2.20.